The summed E-state index contributed by atoms with van der Waals surface area (Å²) in [7, 11) is 0. The Morgan fingerprint density at radius 3 is 2.80 bits per heavy atom. The average Bonchev–Trinajstić information content (AvgIpc) is 2.69. The quantitative estimate of drug-likeness (QED) is 0.744. The number of aromatic nitrogens is 1. The first-order valence-corrected chi connectivity index (χ1v) is 5.08. The number of anilines is 1. The van der Waals surface area contributed by atoms with Crippen LogP contribution in [0.2, 0.25) is 0 Å². The van der Waals surface area contributed by atoms with Gasteiger partial charge in [0, 0.05) is 11.7 Å². The van der Waals surface area contributed by atoms with Crippen LogP contribution in [0.4, 0.5) is 5.82 Å². The van der Waals surface area contributed by atoms with Crippen molar-refractivity contribution in [3.8, 4) is 6.07 Å². The summed E-state index contributed by atoms with van der Waals surface area (Å²) in [6, 6.07) is 6.16. The van der Waals surface area contributed by atoms with Gasteiger partial charge in [-0.15, -0.1) is 0 Å². The Morgan fingerprint density at radius 1 is 1.40 bits per heavy atom. The molecule has 15 heavy (non-hydrogen) atoms. The molecule has 1 aromatic heterocycles. The standard InChI is InChI=1S/C12H13N3/c1-9-6-10(8-13)7-12(14-9)15-11-4-2-3-5-11/h2-3,6-7,11H,4-5H2,1H3,(H,14,15). The highest BCUT2D eigenvalue weighted by Gasteiger charge is 2.10. The number of hydrogen-bond acceptors (Lipinski definition) is 3. The topological polar surface area (TPSA) is 48.7 Å². The molecular formula is C12H13N3. The normalized spacial score (nSPS) is 15.2. The molecule has 1 aromatic rings. The molecule has 3 nitrogen and oxygen atoms in total. The van der Waals surface area contributed by atoms with Crippen LogP contribution < -0.4 is 5.32 Å². The van der Waals surface area contributed by atoms with Gasteiger partial charge in [-0.2, -0.15) is 5.26 Å². The monoisotopic (exact) mass is 199 g/mol. The van der Waals surface area contributed by atoms with Gasteiger partial charge in [0.15, 0.2) is 0 Å². The van der Waals surface area contributed by atoms with Crippen LogP contribution in [0.3, 0.4) is 0 Å². The van der Waals surface area contributed by atoms with Crippen molar-refractivity contribution in [2.24, 2.45) is 0 Å². The van der Waals surface area contributed by atoms with Crippen LogP contribution in [0.25, 0.3) is 0 Å². The van der Waals surface area contributed by atoms with E-state index in [1.54, 1.807) is 12.1 Å². The lowest BCUT2D eigenvalue weighted by molar-refractivity contribution is 0.780. The molecule has 0 aromatic carbocycles. The first kappa shape index (κ1) is 9.72. The predicted octanol–water partition coefficient (Wildman–Crippen LogP) is 2.39. The SMILES string of the molecule is Cc1cc(C#N)cc(NC2CC=CC2)n1. The number of nitrogens with one attached hydrogen (secondary N) is 1. The van der Waals surface area contributed by atoms with Gasteiger partial charge in [-0.1, -0.05) is 12.2 Å². The van der Waals surface area contributed by atoms with Crippen molar-refractivity contribution < 1.29 is 0 Å². The van der Waals surface area contributed by atoms with Crippen LogP contribution in [0.15, 0.2) is 24.3 Å². The Kier molecular flexibility index (Phi) is 2.68. The van der Waals surface area contributed by atoms with E-state index in [0.29, 0.717) is 11.6 Å². The molecule has 0 saturated heterocycles. The maximum absolute atomic E-state index is 8.83. The van der Waals surface area contributed by atoms with E-state index in [9.17, 15) is 0 Å². The molecule has 0 bridgehead atoms. The second kappa shape index (κ2) is 4.14. The van der Waals surface area contributed by atoms with E-state index >= 15 is 0 Å². The maximum Gasteiger partial charge on any atom is 0.127 e. The van der Waals surface area contributed by atoms with E-state index in [2.05, 4.69) is 28.5 Å². The summed E-state index contributed by atoms with van der Waals surface area (Å²) in [5, 5.41) is 12.2. The van der Waals surface area contributed by atoms with Crippen LogP contribution in [0, 0.1) is 18.3 Å². The van der Waals surface area contributed by atoms with Crippen molar-refractivity contribution in [3.05, 3.63) is 35.5 Å². The Labute approximate surface area is 89.5 Å². The molecule has 3 heteroatoms. The first-order chi connectivity index (χ1) is 7.28. The molecule has 76 valence electrons. The lowest BCUT2D eigenvalue weighted by atomic mass is 10.2. The first-order valence-electron chi connectivity index (χ1n) is 5.08. The van der Waals surface area contributed by atoms with Gasteiger partial charge in [0.25, 0.3) is 0 Å². The molecule has 0 radical (unpaired) electrons. The molecular weight excluding hydrogens is 186 g/mol. The second-order valence-corrected chi connectivity index (χ2v) is 3.78. The lowest BCUT2D eigenvalue weighted by Crippen LogP contribution is -2.16. The largest absolute Gasteiger partial charge is 0.367 e. The number of nitrogens with zero attached hydrogens (tertiary/aromatic N) is 2. The fourth-order valence-electron chi connectivity index (χ4n) is 1.75. The number of pyridine rings is 1. The van der Waals surface area contributed by atoms with Crippen molar-refractivity contribution >= 4 is 5.82 Å². The predicted molar refractivity (Wildman–Crippen MR) is 59.5 cm³/mol. The average molecular weight is 199 g/mol. The van der Waals surface area contributed by atoms with Gasteiger partial charge in [-0.3, -0.25) is 0 Å². The second-order valence-electron chi connectivity index (χ2n) is 3.78. The highest BCUT2D eigenvalue weighted by molar-refractivity contribution is 5.45. The third kappa shape index (κ3) is 2.35. The molecule has 0 fully saturated rings. The van der Waals surface area contributed by atoms with Gasteiger partial charge in [0.05, 0.1) is 11.6 Å². The summed E-state index contributed by atoms with van der Waals surface area (Å²) in [4.78, 5) is 4.36. The van der Waals surface area contributed by atoms with E-state index in [4.69, 9.17) is 5.26 Å². The van der Waals surface area contributed by atoms with E-state index in [1.165, 1.54) is 0 Å². The van der Waals surface area contributed by atoms with Gasteiger partial charge >= 0.3 is 0 Å². The Hall–Kier alpha value is -1.82. The van der Waals surface area contributed by atoms with Crippen LogP contribution in [-0.2, 0) is 0 Å². The molecule has 2 rings (SSSR count). The van der Waals surface area contributed by atoms with Crippen molar-refractivity contribution in [2.45, 2.75) is 25.8 Å². The van der Waals surface area contributed by atoms with Gasteiger partial charge in [-0.05, 0) is 31.9 Å². The zero-order valence-electron chi connectivity index (χ0n) is 8.70. The van der Waals surface area contributed by atoms with Crippen molar-refractivity contribution in [1.29, 1.82) is 5.26 Å². The fraction of sp³-hybridized carbons (Fsp3) is 0.333. The Balaban J connectivity index is 2.14. The van der Waals surface area contributed by atoms with E-state index in [1.807, 2.05) is 6.92 Å². The molecule has 0 atom stereocenters. The molecule has 1 aliphatic rings. The van der Waals surface area contributed by atoms with Gasteiger partial charge in [-0.25, -0.2) is 4.98 Å². The lowest BCUT2D eigenvalue weighted by Gasteiger charge is -2.13. The van der Waals surface area contributed by atoms with E-state index in [0.717, 1.165) is 24.4 Å². The van der Waals surface area contributed by atoms with Gasteiger partial charge in [0.1, 0.15) is 5.82 Å². The minimum Gasteiger partial charge on any atom is -0.367 e. The molecule has 0 amide bonds. The highest BCUT2D eigenvalue weighted by Crippen LogP contribution is 2.16. The van der Waals surface area contributed by atoms with E-state index in [-0.39, 0.29) is 0 Å². The summed E-state index contributed by atoms with van der Waals surface area (Å²) in [6.07, 6.45) is 6.41. The van der Waals surface area contributed by atoms with Crippen molar-refractivity contribution in [1.82, 2.24) is 4.98 Å². The summed E-state index contributed by atoms with van der Waals surface area (Å²) < 4.78 is 0. The Morgan fingerprint density at radius 2 is 2.13 bits per heavy atom. The van der Waals surface area contributed by atoms with Crippen LogP contribution in [0.1, 0.15) is 24.1 Å². The summed E-state index contributed by atoms with van der Waals surface area (Å²) in [6.45, 7) is 1.90. The molecule has 0 spiro atoms. The van der Waals surface area contributed by atoms with Gasteiger partial charge < -0.3 is 5.32 Å². The zero-order chi connectivity index (χ0) is 10.7. The molecule has 1 N–H and O–H groups in total. The van der Waals surface area contributed by atoms with Crippen LogP contribution in [0.5, 0.6) is 0 Å². The third-order valence-corrected chi connectivity index (χ3v) is 2.44. The number of nitriles is 1. The molecule has 1 aliphatic carbocycles. The minimum absolute atomic E-state index is 0.436. The minimum atomic E-state index is 0.436. The summed E-state index contributed by atoms with van der Waals surface area (Å²) in [5.41, 5.74) is 1.54. The highest BCUT2D eigenvalue weighted by atomic mass is 15.0. The molecule has 0 unspecified atom stereocenters. The zero-order valence-corrected chi connectivity index (χ0v) is 8.70. The van der Waals surface area contributed by atoms with Gasteiger partial charge in [0.2, 0.25) is 0 Å². The van der Waals surface area contributed by atoms with Crippen molar-refractivity contribution in [2.75, 3.05) is 5.32 Å². The number of aryl methyl sites for hydroxylation is 1. The fourth-order valence-corrected chi connectivity index (χ4v) is 1.75. The summed E-state index contributed by atoms with van der Waals surface area (Å²) in [5.74, 6) is 0.806. The van der Waals surface area contributed by atoms with Crippen molar-refractivity contribution in [3.63, 3.8) is 0 Å². The summed E-state index contributed by atoms with van der Waals surface area (Å²) >= 11 is 0. The third-order valence-electron chi connectivity index (χ3n) is 2.44. The van der Waals surface area contributed by atoms with Crippen LogP contribution in [-0.4, -0.2) is 11.0 Å². The number of hydrogen-bond donors (Lipinski definition) is 1. The number of rotatable bonds is 2. The molecule has 0 aliphatic heterocycles. The maximum atomic E-state index is 8.83. The Bertz CT molecular complexity index is 421. The van der Waals surface area contributed by atoms with Crippen LogP contribution >= 0.6 is 0 Å². The molecule has 1 heterocycles. The molecule has 0 saturated carbocycles. The van der Waals surface area contributed by atoms with E-state index < -0.39 is 0 Å². The smallest absolute Gasteiger partial charge is 0.127 e.